The molecule has 0 spiro atoms. The lowest BCUT2D eigenvalue weighted by Gasteiger charge is -2.04. The highest BCUT2D eigenvalue weighted by molar-refractivity contribution is 6.61. The number of carbonyl (C=O) groups excluding carboxylic acids is 2. The molecule has 0 bridgehead atoms. The topological polar surface area (TPSA) is 52.6 Å². The molecule has 0 amide bonds. The van der Waals surface area contributed by atoms with Gasteiger partial charge in [-0.15, -0.1) is 0 Å². The number of hydrogen-bond donors (Lipinski definition) is 0. The molecule has 0 heterocycles. The van der Waals surface area contributed by atoms with Gasteiger partial charge in [-0.2, -0.15) is 0 Å². The van der Waals surface area contributed by atoms with E-state index < -0.39 is 12.2 Å². The zero-order valence-electron chi connectivity index (χ0n) is 11.1. The Hall–Kier alpha value is -0.770. The van der Waals surface area contributed by atoms with Crippen molar-refractivity contribution in [1.82, 2.24) is 0 Å². The van der Waals surface area contributed by atoms with Crippen LogP contribution >= 0.6 is 11.6 Å². The fourth-order valence-electron chi connectivity index (χ4n) is 1.62. The molecule has 0 saturated carbocycles. The van der Waals surface area contributed by atoms with E-state index in [4.69, 9.17) is 11.6 Å². The van der Waals surface area contributed by atoms with Gasteiger partial charge < -0.3 is 9.47 Å². The zero-order chi connectivity index (χ0) is 13.6. The third-order valence-electron chi connectivity index (χ3n) is 2.63. The van der Waals surface area contributed by atoms with Gasteiger partial charge in [0.05, 0.1) is 0 Å². The van der Waals surface area contributed by atoms with Gasteiger partial charge in [0, 0.05) is 18.0 Å². The highest BCUT2D eigenvalue weighted by atomic mass is 35.5. The van der Waals surface area contributed by atoms with Gasteiger partial charge in [0.2, 0.25) is 6.79 Å². The van der Waals surface area contributed by atoms with Gasteiger partial charge in [-0.3, -0.25) is 4.79 Å². The molecule has 0 saturated heterocycles. The molecule has 0 unspecified atom stereocenters. The van der Waals surface area contributed by atoms with Crippen LogP contribution in [0.2, 0.25) is 0 Å². The lowest BCUT2D eigenvalue weighted by atomic mass is 10.1. The smallest absolute Gasteiger partial charge is 0.406 e. The number of carbonyl (C=O) groups is 2. The quantitative estimate of drug-likeness (QED) is 0.243. The minimum Gasteiger partial charge on any atom is -0.428 e. The van der Waals surface area contributed by atoms with Gasteiger partial charge in [-0.25, -0.2) is 4.79 Å². The van der Waals surface area contributed by atoms with Gasteiger partial charge in [-0.05, 0) is 6.42 Å². The molecule has 0 N–H and O–H groups in total. The van der Waals surface area contributed by atoms with Crippen molar-refractivity contribution in [2.24, 2.45) is 0 Å². The molecule has 0 aliphatic rings. The standard InChI is InChI=1S/C13H23ClO4/c1-2-3-4-5-6-7-8-9-10-12(15)17-11-18-13(14)16/h2-11H2,1H3. The van der Waals surface area contributed by atoms with Crippen molar-refractivity contribution in [1.29, 1.82) is 0 Å². The molecule has 0 radical (unpaired) electrons. The van der Waals surface area contributed by atoms with E-state index >= 15 is 0 Å². The van der Waals surface area contributed by atoms with E-state index in [1.807, 2.05) is 0 Å². The SMILES string of the molecule is CCCCCCCCCCC(=O)OCOC(=O)Cl. The van der Waals surface area contributed by atoms with Crippen molar-refractivity contribution in [2.75, 3.05) is 6.79 Å². The van der Waals surface area contributed by atoms with Crippen LogP contribution in [0.1, 0.15) is 64.7 Å². The maximum absolute atomic E-state index is 11.1. The molecule has 0 atom stereocenters. The van der Waals surface area contributed by atoms with Crippen LogP contribution in [-0.2, 0) is 14.3 Å². The van der Waals surface area contributed by atoms with E-state index in [2.05, 4.69) is 16.4 Å². The molecule has 0 rings (SSSR count). The van der Waals surface area contributed by atoms with E-state index in [0.29, 0.717) is 6.42 Å². The maximum atomic E-state index is 11.1. The van der Waals surface area contributed by atoms with Crippen LogP contribution in [0.5, 0.6) is 0 Å². The molecule has 0 aromatic carbocycles. The third-order valence-corrected chi connectivity index (χ3v) is 2.74. The predicted octanol–water partition coefficient (Wildman–Crippen LogP) is 4.39. The van der Waals surface area contributed by atoms with Crippen molar-refractivity contribution in [2.45, 2.75) is 64.7 Å². The second-order valence-corrected chi connectivity index (χ2v) is 4.55. The molecule has 0 aliphatic heterocycles. The fraction of sp³-hybridized carbons (Fsp3) is 0.846. The Balaban J connectivity index is 3.17. The first-order valence-electron chi connectivity index (χ1n) is 6.64. The molecule has 5 heteroatoms. The predicted molar refractivity (Wildman–Crippen MR) is 70.5 cm³/mol. The second kappa shape index (κ2) is 12.7. The average molecular weight is 279 g/mol. The van der Waals surface area contributed by atoms with Gasteiger partial charge >= 0.3 is 11.4 Å². The van der Waals surface area contributed by atoms with Crippen molar-refractivity contribution in [3.05, 3.63) is 0 Å². The van der Waals surface area contributed by atoms with Crippen LogP contribution < -0.4 is 0 Å². The summed E-state index contributed by atoms with van der Waals surface area (Å²) in [4.78, 5) is 21.3. The van der Waals surface area contributed by atoms with Crippen LogP contribution in [-0.4, -0.2) is 18.2 Å². The molecule has 4 nitrogen and oxygen atoms in total. The molecular formula is C13H23ClO4. The highest BCUT2D eigenvalue weighted by Gasteiger charge is 2.03. The largest absolute Gasteiger partial charge is 0.428 e. The van der Waals surface area contributed by atoms with Crippen molar-refractivity contribution >= 4 is 23.0 Å². The van der Waals surface area contributed by atoms with E-state index in [0.717, 1.165) is 19.3 Å². The number of hydrogen-bond acceptors (Lipinski definition) is 4. The first-order valence-corrected chi connectivity index (χ1v) is 7.02. The number of rotatable bonds is 11. The molecule has 18 heavy (non-hydrogen) atoms. The number of halogens is 1. The normalized spacial score (nSPS) is 10.1. The van der Waals surface area contributed by atoms with Crippen LogP contribution in [0.25, 0.3) is 0 Å². The first-order chi connectivity index (χ1) is 8.66. The lowest BCUT2D eigenvalue weighted by molar-refractivity contribution is -0.151. The Morgan fingerprint density at radius 2 is 1.44 bits per heavy atom. The summed E-state index contributed by atoms with van der Waals surface area (Å²) >= 11 is 4.91. The number of ether oxygens (including phenoxy) is 2. The third kappa shape index (κ3) is 13.3. The molecule has 0 aromatic rings. The van der Waals surface area contributed by atoms with Crippen molar-refractivity contribution in [3.63, 3.8) is 0 Å². The van der Waals surface area contributed by atoms with Gasteiger partial charge in [0.1, 0.15) is 0 Å². The summed E-state index contributed by atoms with van der Waals surface area (Å²) in [6, 6.07) is 0. The molecule has 0 fully saturated rings. The summed E-state index contributed by atoms with van der Waals surface area (Å²) < 4.78 is 8.92. The summed E-state index contributed by atoms with van der Waals surface area (Å²) in [6.45, 7) is 1.81. The van der Waals surface area contributed by atoms with Crippen molar-refractivity contribution in [3.8, 4) is 0 Å². The molecule has 106 valence electrons. The Bertz CT molecular complexity index is 231. The molecular weight excluding hydrogens is 256 g/mol. The summed E-state index contributed by atoms with van der Waals surface area (Å²) in [5, 5.41) is 0. The first kappa shape index (κ1) is 17.2. The average Bonchev–Trinajstić information content (AvgIpc) is 2.32. The van der Waals surface area contributed by atoms with E-state index in [1.165, 1.54) is 32.1 Å². The summed E-state index contributed by atoms with van der Waals surface area (Å²) in [6.07, 6.45) is 9.79. The van der Waals surface area contributed by atoms with Gasteiger partial charge in [-0.1, -0.05) is 51.9 Å². The minimum absolute atomic E-state index is 0.348. The second-order valence-electron chi connectivity index (χ2n) is 4.24. The lowest BCUT2D eigenvalue weighted by Crippen LogP contribution is -2.09. The van der Waals surface area contributed by atoms with E-state index in [1.54, 1.807) is 0 Å². The Morgan fingerprint density at radius 1 is 0.889 bits per heavy atom. The number of unbranched alkanes of at least 4 members (excludes halogenated alkanes) is 7. The maximum Gasteiger partial charge on any atom is 0.406 e. The Labute approximate surface area is 114 Å². The summed E-state index contributed by atoms with van der Waals surface area (Å²) in [7, 11) is 0. The molecule has 0 aromatic heterocycles. The molecule has 0 aliphatic carbocycles. The van der Waals surface area contributed by atoms with Gasteiger partial charge in [0.15, 0.2) is 0 Å². The highest BCUT2D eigenvalue weighted by Crippen LogP contribution is 2.09. The zero-order valence-corrected chi connectivity index (χ0v) is 11.8. The Morgan fingerprint density at radius 3 is 2.00 bits per heavy atom. The van der Waals surface area contributed by atoms with Crippen LogP contribution in [0.15, 0.2) is 0 Å². The van der Waals surface area contributed by atoms with Crippen molar-refractivity contribution < 1.29 is 19.1 Å². The van der Waals surface area contributed by atoms with Crippen LogP contribution in [0.4, 0.5) is 4.79 Å². The monoisotopic (exact) mass is 278 g/mol. The number of esters is 1. The summed E-state index contributed by atoms with van der Waals surface area (Å²) in [5.74, 6) is -0.348. The van der Waals surface area contributed by atoms with Gasteiger partial charge in [0.25, 0.3) is 0 Å². The minimum atomic E-state index is -0.963. The van der Waals surface area contributed by atoms with E-state index in [-0.39, 0.29) is 5.97 Å². The summed E-state index contributed by atoms with van der Waals surface area (Å²) in [5.41, 5.74) is -0.963. The fourth-order valence-corrected chi connectivity index (χ4v) is 1.66. The van der Waals surface area contributed by atoms with Crippen LogP contribution in [0, 0.1) is 0 Å². The van der Waals surface area contributed by atoms with E-state index in [9.17, 15) is 9.59 Å². The Kier molecular flexibility index (Phi) is 12.1. The van der Waals surface area contributed by atoms with Crippen LogP contribution in [0.3, 0.4) is 0 Å².